The largest absolute Gasteiger partial charge is 0.462 e. The molecule has 0 aliphatic carbocycles. The Bertz CT molecular complexity index is 749. The Morgan fingerprint density at radius 1 is 1.33 bits per heavy atom. The van der Waals surface area contributed by atoms with Gasteiger partial charge in [-0.25, -0.2) is 0 Å². The molecule has 1 aliphatic rings. The summed E-state index contributed by atoms with van der Waals surface area (Å²) in [7, 11) is 3.77. The third-order valence-corrected chi connectivity index (χ3v) is 4.86. The highest BCUT2D eigenvalue weighted by Gasteiger charge is 2.40. The minimum atomic E-state index is -0.110. The van der Waals surface area contributed by atoms with E-state index in [-0.39, 0.29) is 24.6 Å². The molecule has 2 aromatic rings. The number of rotatable bonds is 5. The first kappa shape index (κ1) is 16.7. The van der Waals surface area contributed by atoms with Crippen LogP contribution in [-0.2, 0) is 25.0 Å². The van der Waals surface area contributed by atoms with E-state index in [2.05, 4.69) is 10.4 Å². The number of carbonyl (C=O) groups is 1. The predicted octanol–water partition coefficient (Wildman–Crippen LogP) is 1.18. The number of amides is 1. The van der Waals surface area contributed by atoms with Crippen LogP contribution in [0.5, 0.6) is 0 Å². The van der Waals surface area contributed by atoms with Gasteiger partial charge in [-0.05, 0) is 26.0 Å². The van der Waals surface area contributed by atoms with Gasteiger partial charge in [-0.1, -0.05) is 0 Å². The maximum Gasteiger partial charge on any atom is 0.224 e. The fraction of sp³-hybridized carbons (Fsp3) is 0.529. The lowest BCUT2D eigenvalue weighted by atomic mass is 9.98. The number of aryl methyl sites for hydroxylation is 2. The van der Waals surface area contributed by atoms with Gasteiger partial charge in [0, 0.05) is 37.8 Å². The van der Waals surface area contributed by atoms with Crippen LogP contribution in [0.3, 0.4) is 0 Å². The molecule has 1 amide bonds. The van der Waals surface area contributed by atoms with Crippen molar-refractivity contribution in [1.82, 2.24) is 20.0 Å². The quantitative estimate of drug-likeness (QED) is 0.859. The number of hydrogen-bond acceptors (Lipinski definition) is 5. The van der Waals surface area contributed by atoms with E-state index >= 15 is 0 Å². The van der Waals surface area contributed by atoms with Gasteiger partial charge in [0.2, 0.25) is 5.91 Å². The summed E-state index contributed by atoms with van der Waals surface area (Å²) in [5.74, 6) is 1.41. The van der Waals surface area contributed by atoms with Crippen molar-refractivity contribution in [1.29, 1.82) is 0 Å². The highest BCUT2D eigenvalue weighted by Crippen LogP contribution is 2.35. The Kier molecular flexibility index (Phi) is 4.47. The minimum Gasteiger partial charge on any atom is -0.462 e. The van der Waals surface area contributed by atoms with Crippen LogP contribution in [-0.4, -0.2) is 38.8 Å². The van der Waals surface area contributed by atoms with Gasteiger partial charge in [-0.3, -0.25) is 9.48 Å². The maximum absolute atomic E-state index is 12.3. The normalized spacial score (nSPS) is 21.0. The number of furan rings is 1. The lowest BCUT2D eigenvalue weighted by Gasteiger charge is -2.26. The van der Waals surface area contributed by atoms with Crippen LogP contribution >= 0.6 is 0 Å². The fourth-order valence-electron chi connectivity index (χ4n) is 3.50. The molecule has 7 nitrogen and oxygen atoms in total. The van der Waals surface area contributed by atoms with E-state index in [9.17, 15) is 4.79 Å². The first-order chi connectivity index (χ1) is 11.4. The van der Waals surface area contributed by atoms with Gasteiger partial charge >= 0.3 is 0 Å². The Labute approximate surface area is 141 Å². The smallest absolute Gasteiger partial charge is 0.224 e. The zero-order valence-electron chi connectivity index (χ0n) is 14.5. The number of nitrogens with one attached hydrogen (secondary N) is 1. The van der Waals surface area contributed by atoms with E-state index in [1.165, 1.54) is 0 Å². The average Bonchev–Trinajstić information content (AvgIpc) is 3.18. The Hall–Kier alpha value is -2.12. The van der Waals surface area contributed by atoms with E-state index in [0.717, 1.165) is 22.7 Å². The number of likely N-dealkylation sites (N-methyl/N-ethyl adjacent to an activating group) is 1. The van der Waals surface area contributed by atoms with Crippen molar-refractivity contribution >= 4 is 5.91 Å². The molecule has 0 bridgehead atoms. The molecule has 0 spiro atoms. The van der Waals surface area contributed by atoms with E-state index in [1.54, 1.807) is 11.0 Å². The summed E-state index contributed by atoms with van der Waals surface area (Å²) in [4.78, 5) is 14.1. The Balaban J connectivity index is 1.81. The fourth-order valence-corrected chi connectivity index (χ4v) is 3.50. The van der Waals surface area contributed by atoms with E-state index < -0.39 is 0 Å². The predicted molar refractivity (Wildman–Crippen MR) is 88.1 cm³/mol. The highest BCUT2D eigenvalue weighted by atomic mass is 16.4. The summed E-state index contributed by atoms with van der Waals surface area (Å²) in [6, 6.07) is 3.55. The number of aliphatic hydroxyl groups excluding tert-OH is 1. The first-order valence-corrected chi connectivity index (χ1v) is 8.10. The molecule has 24 heavy (non-hydrogen) atoms. The lowest BCUT2D eigenvalue weighted by Crippen LogP contribution is -2.35. The van der Waals surface area contributed by atoms with Crippen molar-refractivity contribution in [3.8, 4) is 0 Å². The van der Waals surface area contributed by atoms with E-state index in [0.29, 0.717) is 18.7 Å². The zero-order valence-corrected chi connectivity index (χ0v) is 14.5. The van der Waals surface area contributed by atoms with Crippen LogP contribution in [0.4, 0.5) is 0 Å². The van der Waals surface area contributed by atoms with Crippen LogP contribution in [0.15, 0.2) is 16.5 Å². The zero-order chi connectivity index (χ0) is 17.4. The van der Waals surface area contributed by atoms with Crippen molar-refractivity contribution < 1.29 is 14.3 Å². The summed E-state index contributed by atoms with van der Waals surface area (Å²) >= 11 is 0. The monoisotopic (exact) mass is 332 g/mol. The van der Waals surface area contributed by atoms with Gasteiger partial charge in [0.1, 0.15) is 18.1 Å². The second-order valence-electron chi connectivity index (χ2n) is 6.38. The van der Waals surface area contributed by atoms with Crippen LogP contribution in [0.2, 0.25) is 0 Å². The second kappa shape index (κ2) is 6.41. The third-order valence-electron chi connectivity index (χ3n) is 4.86. The number of likely N-dealkylation sites (tertiary alicyclic amines) is 1. The number of carbonyl (C=O) groups excluding carboxylic acids is 1. The number of nitrogens with zero attached hydrogens (tertiary/aromatic N) is 3. The summed E-state index contributed by atoms with van der Waals surface area (Å²) in [5.41, 5.74) is 3.14. The topological polar surface area (TPSA) is 83.5 Å². The summed E-state index contributed by atoms with van der Waals surface area (Å²) in [6.07, 6.45) is 0.447. The molecule has 3 rings (SSSR count). The van der Waals surface area contributed by atoms with E-state index in [1.807, 2.05) is 38.7 Å². The molecular weight excluding hydrogens is 308 g/mol. The highest BCUT2D eigenvalue weighted by molar-refractivity contribution is 5.80. The van der Waals surface area contributed by atoms with Crippen LogP contribution < -0.4 is 5.32 Å². The molecule has 1 saturated heterocycles. The standard InChI is InChI=1S/C17H24N4O3/c1-10-16(11(2)21(4)19-10)17-14(7-15(23)20(17)3)18-8-12-5-6-13(9-22)24-12/h5-6,14,17-18,22H,7-9H2,1-4H3/t14-,17-/m1/s1. The van der Waals surface area contributed by atoms with Crippen molar-refractivity contribution in [3.63, 3.8) is 0 Å². The minimum absolute atomic E-state index is 0.00761. The Morgan fingerprint density at radius 3 is 2.62 bits per heavy atom. The van der Waals surface area contributed by atoms with Gasteiger partial charge in [-0.15, -0.1) is 0 Å². The summed E-state index contributed by atoms with van der Waals surface area (Å²) in [5, 5.41) is 17.0. The number of aliphatic hydroxyl groups is 1. The number of aromatic nitrogens is 2. The summed E-state index contributed by atoms with van der Waals surface area (Å²) in [6.45, 7) is 4.42. The molecule has 1 fully saturated rings. The van der Waals surface area contributed by atoms with Crippen LogP contribution in [0.1, 0.15) is 40.9 Å². The van der Waals surface area contributed by atoms with Crippen molar-refractivity contribution in [2.45, 2.75) is 45.5 Å². The van der Waals surface area contributed by atoms with Gasteiger partial charge < -0.3 is 19.7 Å². The van der Waals surface area contributed by atoms with Gasteiger partial charge in [0.15, 0.2) is 0 Å². The summed E-state index contributed by atoms with van der Waals surface area (Å²) < 4.78 is 7.37. The average molecular weight is 332 g/mol. The van der Waals surface area contributed by atoms with Gasteiger partial charge in [0.05, 0.1) is 18.3 Å². The molecule has 1 aliphatic heterocycles. The molecule has 2 aromatic heterocycles. The van der Waals surface area contributed by atoms with Crippen LogP contribution in [0, 0.1) is 13.8 Å². The molecule has 2 atom stereocenters. The maximum atomic E-state index is 12.3. The molecule has 2 N–H and O–H groups in total. The van der Waals surface area contributed by atoms with E-state index in [4.69, 9.17) is 9.52 Å². The third kappa shape index (κ3) is 2.85. The van der Waals surface area contributed by atoms with Gasteiger partial charge in [0.25, 0.3) is 0 Å². The molecule has 0 saturated carbocycles. The SMILES string of the molecule is Cc1nn(C)c(C)c1[C@H]1[C@H](NCc2ccc(CO)o2)CC(=O)N1C. The molecular formula is C17H24N4O3. The molecule has 0 unspecified atom stereocenters. The molecule has 3 heterocycles. The molecule has 0 aromatic carbocycles. The van der Waals surface area contributed by atoms with Gasteiger partial charge in [-0.2, -0.15) is 5.10 Å². The van der Waals surface area contributed by atoms with Crippen LogP contribution in [0.25, 0.3) is 0 Å². The molecule has 130 valence electrons. The molecule has 0 radical (unpaired) electrons. The Morgan fingerprint density at radius 2 is 2.04 bits per heavy atom. The second-order valence-corrected chi connectivity index (χ2v) is 6.38. The van der Waals surface area contributed by atoms with Crippen molar-refractivity contribution in [2.24, 2.45) is 7.05 Å². The first-order valence-electron chi connectivity index (χ1n) is 8.10. The van der Waals surface area contributed by atoms with Crippen molar-refractivity contribution in [3.05, 3.63) is 40.6 Å². The number of hydrogen-bond donors (Lipinski definition) is 2. The molecule has 7 heteroatoms. The van der Waals surface area contributed by atoms with Crippen molar-refractivity contribution in [2.75, 3.05) is 7.05 Å². The lowest BCUT2D eigenvalue weighted by molar-refractivity contribution is -0.127.